The number of ketones is 2. The Morgan fingerprint density at radius 3 is 2.54 bits per heavy atom. The van der Waals surface area contributed by atoms with E-state index >= 15 is 0 Å². The van der Waals surface area contributed by atoms with Crippen LogP contribution in [0.3, 0.4) is 0 Å². The van der Waals surface area contributed by atoms with Crippen LogP contribution in [0, 0.1) is 0 Å². The van der Waals surface area contributed by atoms with Gasteiger partial charge in [0, 0.05) is 11.1 Å². The van der Waals surface area contributed by atoms with Gasteiger partial charge >= 0.3 is 0 Å². The molecule has 64 valence electrons. The first-order chi connectivity index (χ1) is 6.20. The molecule has 0 heterocycles. The lowest BCUT2D eigenvalue weighted by Gasteiger charge is -2.14. The summed E-state index contributed by atoms with van der Waals surface area (Å²) < 4.78 is 0. The van der Waals surface area contributed by atoms with Crippen LogP contribution >= 0.6 is 0 Å². The van der Waals surface area contributed by atoms with Gasteiger partial charge in [-0.2, -0.15) is 0 Å². The summed E-state index contributed by atoms with van der Waals surface area (Å²) in [5.41, 5.74) is 6.43. The number of hydrogen-bond donors (Lipinski definition) is 1. The Balaban J connectivity index is 2.58. The van der Waals surface area contributed by atoms with E-state index in [0.29, 0.717) is 11.1 Å². The maximum atomic E-state index is 11.4. The Labute approximate surface area is 74.9 Å². The van der Waals surface area contributed by atoms with Crippen molar-refractivity contribution in [2.24, 2.45) is 5.73 Å². The first-order valence-corrected chi connectivity index (χ1v) is 3.85. The van der Waals surface area contributed by atoms with E-state index < -0.39 is 0 Å². The lowest BCUT2D eigenvalue weighted by molar-refractivity contribution is -0.114. The van der Waals surface area contributed by atoms with Crippen LogP contribution in [0.1, 0.15) is 0 Å². The van der Waals surface area contributed by atoms with Gasteiger partial charge in [0.1, 0.15) is 0 Å². The Kier molecular flexibility index (Phi) is 1.52. The molecule has 2 aliphatic carbocycles. The summed E-state index contributed by atoms with van der Waals surface area (Å²) in [4.78, 5) is 22.7. The van der Waals surface area contributed by atoms with Crippen LogP contribution < -0.4 is 5.73 Å². The van der Waals surface area contributed by atoms with E-state index in [1.807, 2.05) is 0 Å². The molecule has 0 amide bonds. The molecule has 0 bridgehead atoms. The molecule has 0 unspecified atom stereocenters. The van der Waals surface area contributed by atoms with Crippen molar-refractivity contribution in [1.29, 1.82) is 0 Å². The molecular formula is C10H7NO2. The summed E-state index contributed by atoms with van der Waals surface area (Å²) in [7, 11) is 0. The van der Waals surface area contributed by atoms with Crippen molar-refractivity contribution < 1.29 is 9.59 Å². The highest BCUT2D eigenvalue weighted by Crippen LogP contribution is 2.23. The summed E-state index contributed by atoms with van der Waals surface area (Å²) >= 11 is 0. The highest BCUT2D eigenvalue weighted by atomic mass is 16.1. The lowest BCUT2D eigenvalue weighted by Crippen LogP contribution is -2.21. The van der Waals surface area contributed by atoms with Crippen molar-refractivity contribution in [2.45, 2.75) is 0 Å². The normalized spacial score (nSPS) is 20.5. The third-order valence-corrected chi connectivity index (χ3v) is 2.00. The standard InChI is InChI=1S/C10H7NO2/c11-8-5-4-6-7(10(8)13)2-1-3-9(6)12/h1-5H,11H2. The molecule has 0 aliphatic heterocycles. The molecule has 0 aromatic heterocycles. The van der Waals surface area contributed by atoms with Crippen LogP contribution in [0.5, 0.6) is 0 Å². The second-order valence-corrected chi connectivity index (χ2v) is 2.84. The number of Topliss-reactive ketones (excluding diaryl/α,β-unsaturated/α-hetero) is 1. The molecule has 0 spiro atoms. The zero-order valence-electron chi connectivity index (χ0n) is 6.78. The molecule has 0 atom stereocenters. The molecule has 2 rings (SSSR count). The van der Waals surface area contributed by atoms with Crippen molar-refractivity contribution in [1.82, 2.24) is 0 Å². The third-order valence-electron chi connectivity index (χ3n) is 2.00. The van der Waals surface area contributed by atoms with Gasteiger partial charge in [-0.05, 0) is 18.2 Å². The molecule has 0 aromatic carbocycles. The molecule has 0 saturated carbocycles. The Morgan fingerprint density at radius 1 is 1.00 bits per heavy atom. The summed E-state index contributed by atoms with van der Waals surface area (Å²) in [6.45, 7) is 0. The number of fused-ring (bicyclic) bond motifs is 1. The molecule has 3 heteroatoms. The molecule has 2 N–H and O–H groups in total. The minimum absolute atomic E-state index is 0.144. The second-order valence-electron chi connectivity index (χ2n) is 2.84. The average Bonchev–Trinajstić information content (AvgIpc) is 2.12. The van der Waals surface area contributed by atoms with Gasteiger partial charge in [0.15, 0.2) is 5.78 Å². The van der Waals surface area contributed by atoms with Crippen LogP contribution in [0.4, 0.5) is 0 Å². The summed E-state index contributed by atoms with van der Waals surface area (Å²) in [5.74, 6) is -0.412. The lowest BCUT2D eigenvalue weighted by atomic mass is 9.89. The van der Waals surface area contributed by atoms with Crippen LogP contribution in [-0.4, -0.2) is 11.6 Å². The van der Waals surface area contributed by atoms with Crippen LogP contribution in [0.2, 0.25) is 0 Å². The fourth-order valence-corrected chi connectivity index (χ4v) is 1.32. The topological polar surface area (TPSA) is 60.2 Å². The number of carbonyl (C=O) groups excluding carboxylic acids is 2. The second kappa shape index (κ2) is 2.55. The van der Waals surface area contributed by atoms with Gasteiger partial charge in [-0.1, -0.05) is 12.2 Å². The van der Waals surface area contributed by atoms with Crippen LogP contribution in [0.25, 0.3) is 0 Å². The van der Waals surface area contributed by atoms with Gasteiger partial charge < -0.3 is 5.73 Å². The van der Waals surface area contributed by atoms with Gasteiger partial charge in [0.25, 0.3) is 0 Å². The Bertz CT molecular complexity index is 422. The summed E-state index contributed by atoms with van der Waals surface area (Å²) in [6.07, 6.45) is 7.64. The van der Waals surface area contributed by atoms with E-state index in [1.54, 1.807) is 18.2 Å². The number of nitrogens with two attached hydrogens (primary N) is 1. The van der Waals surface area contributed by atoms with Crippen LogP contribution in [0.15, 0.2) is 47.2 Å². The van der Waals surface area contributed by atoms with Gasteiger partial charge in [-0.3, -0.25) is 9.59 Å². The van der Waals surface area contributed by atoms with E-state index in [4.69, 9.17) is 5.73 Å². The smallest absolute Gasteiger partial charge is 0.209 e. The molecule has 2 aliphatic rings. The molecule has 0 aromatic rings. The highest BCUT2D eigenvalue weighted by molar-refractivity contribution is 6.23. The van der Waals surface area contributed by atoms with Gasteiger partial charge in [-0.25, -0.2) is 0 Å². The van der Waals surface area contributed by atoms with Crippen molar-refractivity contribution in [2.75, 3.05) is 0 Å². The van der Waals surface area contributed by atoms with Crippen LogP contribution in [-0.2, 0) is 9.59 Å². The minimum Gasteiger partial charge on any atom is -0.396 e. The number of hydrogen-bond acceptors (Lipinski definition) is 3. The van der Waals surface area contributed by atoms with Crippen molar-refractivity contribution in [3.8, 4) is 0 Å². The van der Waals surface area contributed by atoms with Gasteiger partial charge in [0.05, 0.1) is 5.70 Å². The van der Waals surface area contributed by atoms with E-state index in [-0.39, 0.29) is 17.3 Å². The van der Waals surface area contributed by atoms with Gasteiger partial charge in [0.2, 0.25) is 5.78 Å². The maximum absolute atomic E-state index is 11.4. The fourth-order valence-electron chi connectivity index (χ4n) is 1.32. The summed E-state index contributed by atoms with van der Waals surface area (Å²) in [6, 6.07) is 0. The summed E-state index contributed by atoms with van der Waals surface area (Å²) in [5, 5.41) is 0. The zero-order chi connectivity index (χ0) is 9.42. The maximum Gasteiger partial charge on any atom is 0.209 e. The molecule has 0 fully saturated rings. The fraction of sp³-hybridized carbons (Fsp3) is 0. The van der Waals surface area contributed by atoms with E-state index in [0.717, 1.165) is 0 Å². The predicted molar refractivity (Wildman–Crippen MR) is 47.6 cm³/mol. The van der Waals surface area contributed by atoms with Crippen molar-refractivity contribution in [3.63, 3.8) is 0 Å². The average molecular weight is 173 g/mol. The molecule has 0 radical (unpaired) electrons. The monoisotopic (exact) mass is 173 g/mol. The molecule has 3 nitrogen and oxygen atoms in total. The SMILES string of the molecule is NC1=CC=C2C(=O)C=CC=C2C1=O. The first-order valence-electron chi connectivity index (χ1n) is 3.85. The largest absolute Gasteiger partial charge is 0.396 e. The third kappa shape index (κ3) is 1.05. The number of allylic oxidation sites excluding steroid dienone is 7. The quantitative estimate of drug-likeness (QED) is 0.577. The van der Waals surface area contributed by atoms with E-state index in [1.165, 1.54) is 12.2 Å². The number of rotatable bonds is 0. The molecule has 13 heavy (non-hydrogen) atoms. The van der Waals surface area contributed by atoms with Gasteiger partial charge in [-0.15, -0.1) is 0 Å². The minimum atomic E-state index is -0.268. The Morgan fingerprint density at radius 2 is 1.77 bits per heavy atom. The van der Waals surface area contributed by atoms with Crippen molar-refractivity contribution in [3.05, 3.63) is 47.2 Å². The number of carbonyl (C=O) groups is 2. The predicted octanol–water partition coefficient (Wildman–Crippen LogP) is 0.403. The van der Waals surface area contributed by atoms with E-state index in [9.17, 15) is 9.59 Å². The first kappa shape index (κ1) is 7.73. The van der Waals surface area contributed by atoms with Crippen molar-refractivity contribution >= 4 is 11.6 Å². The van der Waals surface area contributed by atoms with E-state index in [2.05, 4.69) is 0 Å². The zero-order valence-corrected chi connectivity index (χ0v) is 6.78. The highest BCUT2D eigenvalue weighted by Gasteiger charge is 2.24. The molecular weight excluding hydrogens is 166 g/mol. The molecule has 0 saturated heterocycles. The Hall–Kier alpha value is -1.90.